The van der Waals surface area contributed by atoms with Crippen molar-refractivity contribution in [2.24, 2.45) is 0 Å². The van der Waals surface area contributed by atoms with E-state index in [0.717, 1.165) is 15.7 Å². The highest BCUT2D eigenvalue weighted by Gasteiger charge is 2.02. The zero-order valence-corrected chi connectivity index (χ0v) is 14.6. The molecule has 0 aliphatic rings. The second-order valence-corrected chi connectivity index (χ2v) is 6.72. The molecule has 2 aromatic carbocycles. The van der Waals surface area contributed by atoms with Crippen LogP contribution in [0.25, 0.3) is 0 Å². The first kappa shape index (κ1) is 14.1. The SMILES string of the molecule is Oc1ccc(CNc2ccc(I)cc2Br)cc1Br. The predicted octanol–water partition coefficient (Wildman–Crippen LogP) is 5.13. The van der Waals surface area contributed by atoms with Gasteiger partial charge < -0.3 is 10.4 Å². The van der Waals surface area contributed by atoms with Gasteiger partial charge in [-0.1, -0.05) is 6.07 Å². The lowest BCUT2D eigenvalue weighted by Crippen LogP contribution is -2.00. The number of phenolic OH excluding ortho intramolecular Hbond substituents is 1. The van der Waals surface area contributed by atoms with Crippen molar-refractivity contribution < 1.29 is 5.11 Å². The van der Waals surface area contributed by atoms with Gasteiger partial charge in [-0.3, -0.25) is 0 Å². The van der Waals surface area contributed by atoms with Gasteiger partial charge in [0.05, 0.1) is 4.47 Å². The van der Waals surface area contributed by atoms with Gasteiger partial charge in [-0.15, -0.1) is 0 Å². The Hall–Kier alpha value is -0.270. The Morgan fingerprint density at radius 2 is 1.83 bits per heavy atom. The Morgan fingerprint density at radius 3 is 2.50 bits per heavy atom. The zero-order chi connectivity index (χ0) is 13.1. The monoisotopic (exact) mass is 481 g/mol. The maximum Gasteiger partial charge on any atom is 0.129 e. The summed E-state index contributed by atoms with van der Waals surface area (Å²) in [5.74, 6) is 0.259. The molecule has 0 unspecified atom stereocenters. The Kier molecular flexibility index (Phi) is 4.91. The van der Waals surface area contributed by atoms with Crippen LogP contribution in [0.1, 0.15) is 5.56 Å². The second kappa shape index (κ2) is 6.25. The number of anilines is 1. The van der Waals surface area contributed by atoms with E-state index in [9.17, 15) is 5.11 Å². The van der Waals surface area contributed by atoms with E-state index < -0.39 is 0 Å². The second-order valence-electron chi connectivity index (χ2n) is 3.76. The number of aromatic hydroxyl groups is 1. The summed E-state index contributed by atoms with van der Waals surface area (Å²) in [6.07, 6.45) is 0. The average molecular weight is 483 g/mol. The van der Waals surface area contributed by atoms with Crippen molar-refractivity contribution in [2.45, 2.75) is 6.54 Å². The molecule has 2 N–H and O–H groups in total. The van der Waals surface area contributed by atoms with Crippen LogP contribution < -0.4 is 5.32 Å². The molecule has 0 fully saturated rings. The molecule has 0 aliphatic heterocycles. The Labute approximate surface area is 136 Å². The number of nitrogens with one attached hydrogen (secondary N) is 1. The first-order valence-corrected chi connectivity index (χ1v) is 7.89. The fourth-order valence-electron chi connectivity index (χ4n) is 1.49. The van der Waals surface area contributed by atoms with Crippen molar-refractivity contribution in [2.75, 3.05) is 5.32 Å². The van der Waals surface area contributed by atoms with Crippen molar-refractivity contribution >= 4 is 60.1 Å². The third kappa shape index (κ3) is 3.61. The first-order chi connectivity index (χ1) is 8.56. The molecule has 5 heteroatoms. The molecule has 0 saturated heterocycles. The predicted molar refractivity (Wildman–Crippen MR) is 90.0 cm³/mol. The summed E-state index contributed by atoms with van der Waals surface area (Å²) in [6, 6.07) is 11.7. The van der Waals surface area contributed by atoms with E-state index in [1.165, 1.54) is 3.57 Å². The zero-order valence-electron chi connectivity index (χ0n) is 9.25. The van der Waals surface area contributed by atoms with Crippen LogP contribution in [-0.2, 0) is 6.54 Å². The standard InChI is InChI=1S/C13H10Br2INO/c14-10-6-9(16)2-3-12(10)17-7-8-1-4-13(18)11(15)5-8/h1-6,17-18H,7H2. The molecular weight excluding hydrogens is 473 g/mol. The van der Waals surface area contributed by atoms with Gasteiger partial charge in [0.25, 0.3) is 0 Å². The minimum atomic E-state index is 0.259. The molecule has 2 rings (SSSR count). The molecule has 0 atom stereocenters. The van der Waals surface area contributed by atoms with Gasteiger partial charge in [-0.05, 0) is 90.3 Å². The summed E-state index contributed by atoms with van der Waals surface area (Å²) in [5.41, 5.74) is 2.16. The molecular formula is C13H10Br2INO. The van der Waals surface area contributed by atoms with Crippen molar-refractivity contribution in [3.8, 4) is 5.75 Å². The van der Waals surface area contributed by atoms with E-state index in [1.807, 2.05) is 18.2 Å². The summed E-state index contributed by atoms with van der Waals surface area (Å²) < 4.78 is 2.95. The molecule has 2 nitrogen and oxygen atoms in total. The van der Waals surface area contributed by atoms with E-state index >= 15 is 0 Å². The molecule has 0 radical (unpaired) electrons. The molecule has 0 heterocycles. The van der Waals surface area contributed by atoms with Crippen LogP contribution in [-0.4, -0.2) is 5.11 Å². The van der Waals surface area contributed by atoms with Crippen LogP contribution >= 0.6 is 54.5 Å². The van der Waals surface area contributed by atoms with Crippen LogP contribution in [0.15, 0.2) is 45.3 Å². The largest absolute Gasteiger partial charge is 0.507 e. The third-order valence-corrected chi connectivity index (χ3v) is 4.39. The number of rotatable bonds is 3. The smallest absolute Gasteiger partial charge is 0.129 e. The Balaban J connectivity index is 2.09. The van der Waals surface area contributed by atoms with E-state index in [0.29, 0.717) is 11.0 Å². The Bertz CT molecular complexity index is 575. The molecule has 18 heavy (non-hydrogen) atoms. The molecule has 0 bridgehead atoms. The number of phenols is 1. The topological polar surface area (TPSA) is 32.3 Å². The maximum atomic E-state index is 9.43. The number of hydrogen-bond acceptors (Lipinski definition) is 2. The first-order valence-electron chi connectivity index (χ1n) is 5.22. The fourth-order valence-corrected chi connectivity index (χ4v) is 3.35. The summed E-state index contributed by atoms with van der Waals surface area (Å²) >= 11 is 9.12. The van der Waals surface area contributed by atoms with E-state index in [2.05, 4.69) is 71.9 Å². The van der Waals surface area contributed by atoms with Crippen LogP contribution in [0.2, 0.25) is 0 Å². The van der Waals surface area contributed by atoms with E-state index in [-0.39, 0.29) is 5.75 Å². The lowest BCUT2D eigenvalue weighted by atomic mass is 10.2. The van der Waals surface area contributed by atoms with Crippen LogP contribution in [0.4, 0.5) is 5.69 Å². The van der Waals surface area contributed by atoms with Crippen molar-refractivity contribution in [1.82, 2.24) is 0 Å². The quantitative estimate of drug-likeness (QED) is 0.594. The van der Waals surface area contributed by atoms with Gasteiger partial charge in [0.15, 0.2) is 0 Å². The summed E-state index contributed by atoms with van der Waals surface area (Å²) in [7, 11) is 0. The summed E-state index contributed by atoms with van der Waals surface area (Å²) in [6.45, 7) is 0.706. The third-order valence-electron chi connectivity index (χ3n) is 2.43. The van der Waals surface area contributed by atoms with Crippen LogP contribution in [0, 0.1) is 3.57 Å². The highest BCUT2D eigenvalue weighted by molar-refractivity contribution is 14.1. The van der Waals surface area contributed by atoms with Crippen molar-refractivity contribution in [3.05, 3.63) is 54.5 Å². The molecule has 0 spiro atoms. The van der Waals surface area contributed by atoms with Crippen LogP contribution in [0.5, 0.6) is 5.75 Å². The maximum absolute atomic E-state index is 9.43. The van der Waals surface area contributed by atoms with Gasteiger partial charge in [-0.25, -0.2) is 0 Å². The van der Waals surface area contributed by atoms with Gasteiger partial charge in [0, 0.05) is 20.3 Å². The molecule has 0 aromatic heterocycles. The normalized spacial score (nSPS) is 10.4. The van der Waals surface area contributed by atoms with Gasteiger partial charge >= 0.3 is 0 Å². The number of benzene rings is 2. The molecule has 94 valence electrons. The lowest BCUT2D eigenvalue weighted by Gasteiger charge is -2.09. The molecule has 0 amide bonds. The van der Waals surface area contributed by atoms with Gasteiger partial charge in [-0.2, -0.15) is 0 Å². The Morgan fingerprint density at radius 1 is 1.06 bits per heavy atom. The lowest BCUT2D eigenvalue weighted by molar-refractivity contribution is 0.471. The molecule has 0 saturated carbocycles. The van der Waals surface area contributed by atoms with Gasteiger partial charge in [0.1, 0.15) is 5.75 Å². The average Bonchev–Trinajstić information content (AvgIpc) is 2.32. The highest BCUT2D eigenvalue weighted by Crippen LogP contribution is 2.27. The number of halogens is 3. The fraction of sp³-hybridized carbons (Fsp3) is 0.0769. The summed E-state index contributed by atoms with van der Waals surface area (Å²) in [4.78, 5) is 0. The van der Waals surface area contributed by atoms with Crippen molar-refractivity contribution in [1.29, 1.82) is 0 Å². The highest BCUT2D eigenvalue weighted by atomic mass is 127. The van der Waals surface area contributed by atoms with E-state index in [4.69, 9.17) is 0 Å². The minimum absolute atomic E-state index is 0.259. The minimum Gasteiger partial charge on any atom is -0.507 e. The van der Waals surface area contributed by atoms with E-state index in [1.54, 1.807) is 6.07 Å². The molecule has 0 aliphatic carbocycles. The summed E-state index contributed by atoms with van der Waals surface area (Å²) in [5, 5.41) is 12.8. The van der Waals surface area contributed by atoms with Crippen LogP contribution in [0.3, 0.4) is 0 Å². The van der Waals surface area contributed by atoms with Gasteiger partial charge in [0.2, 0.25) is 0 Å². The van der Waals surface area contributed by atoms with Crippen molar-refractivity contribution in [3.63, 3.8) is 0 Å². The molecule has 2 aromatic rings. The number of hydrogen-bond donors (Lipinski definition) is 2.